The molecule has 4 bridgehead atoms. The van der Waals surface area contributed by atoms with E-state index in [-0.39, 0.29) is 0 Å². The van der Waals surface area contributed by atoms with Crippen LogP contribution >= 0.6 is 27.3 Å². The molecule has 0 aromatic carbocycles. The summed E-state index contributed by atoms with van der Waals surface area (Å²) < 4.78 is 0. The standard InChI is InChI=1S/C19H27BrS/c1-12-5-15(13(2)21-12)16(20)19-8-14-6-17(3,10-19)9-18(4,7-14)11-19/h5,14,16H,6-11H2,1-4H3. The largest absolute Gasteiger partial charge is 0.146 e. The Balaban J connectivity index is 1.75. The average Bonchev–Trinajstić information content (AvgIpc) is 2.62. The van der Waals surface area contributed by atoms with Crippen molar-refractivity contribution in [3.8, 4) is 0 Å². The zero-order valence-electron chi connectivity index (χ0n) is 13.8. The summed E-state index contributed by atoms with van der Waals surface area (Å²) in [7, 11) is 0. The van der Waals surface area contributed by atoms with Crippen molar-refractivity contribution in [2.45, 2.75) is 71.0 Å². The average molecular weight is 367 g/mol. The Labute approximate surface area is 141 Å². The molecule has 0 amide bonds. The number of halogens is 1. The molecule has 4 fully saturated rings. The van der Waals surface area contributed by atoms with E-state index in [1.807, 2.05) is 11.3 Å². The number of aryl methyl sites for hydroxylation is 2. The SMILES string of the molecule is Cc1cc(C(Br)C23CC4CC(C)(CC(C)(C4)C2)C3)c(C)s1. The van der Waals surface area contributed by atoms with Gasteiger partial charge in [0.15, 0.2) is 0 Å². The molecule has 3 atom stereocenters. The normalized spacial score (nSPS) is 46.0. The van der Waals surface area contributed by atoms with Gasteiger partial charge in [0, 0.05) is 14.6 Å². The Morgan fingerprint density at radius 1 is 1.10 bits per heavy atom. The molecule has 5 rings (SSSR count). The summed E-state index contributed by atoms with van der Waals surface area (Å²) in [5, 5.41) is 0. The quantitative estimate of drug-likeness (QED) is 0.504. The molecule has 4 aliphatic carbocycles. The third-order valence-corrected chi connectivity index (χ3v) is 9.01. The van der Waals surface area contributed by atoms with Gasteiger partial charge in [-0.3, -0.25) is 0 Å². The molecule has 0 nitrogen and oxygen atoms in total. The van der Waals surface area contributed by atoms with E-state index in [0.717, 1.165) is 5.92 Å². The summed E-state index contributed by atoms with van der Waals surface area (Å²) in [5.74, 6) is 0.983. The van der Waals surface area contributed by atoms with Crippen molar-refractivity contribution in [1.29, 1.82) is 0 Å². The minimum absolute atomic E-state index is 0.515. The lowest BCUT2D eigenvalue weighted by Crippen LogP contribution is -2.56. The molecule has 1 heterocycles. The molecule has 0 spiro atoms. The lowest BCUT2D eigenvalue weighted by molar-refractivity contribution is -0.144. The molecule has 0 N–H and O–H groups in total. The maximum absolute atomic E-state index is 4.19. The van der Waals surface area contributed by atoms with Gasteiger partial charge in [0.25, 0.3) is 0 Å². The van der Waals surface area contributed by atoms with Crippen LogP contribution in [-0.2, 0) is 0 Å². The van der Waals surface area contributed by atoms with E-state index >= 15 is 0 Å². The van der Waals surface area contributed by atoms with E-state index in [4.69, 9.17) is 0 Å². The van der Waals surface area contributed by atoms with Gasteiger partial charge >= 0.3 is 0 Å². The predicted molar refractivity (Wildman–Crippen MR) is 95.3 cm³/mol. The third kappa shape index (κ3) is 2.19. The Morgan fingerprint density at radius 2 is 1.71 bits per heavy atom. The first kappa shape index (κ1) is 14.8. The molecule has 21 heavy (non-hydrogen) atoms. The van der Waals surface area contributed by atoms with Gasteiger partial charge < -0.3 is 0 Å². The van der Waals surface area contributed by atoms with Crippen LogP contribution in [0.5, 0.6) is 0 Å². The predicted octanol–water partition coefficient (Wildman–Crippen LogP) is 6.80. The fourth-order valence-corrected chi connectivity index (χ4v) is 9.15. The fourth-order valence-electron chi connectivity index (χ4n) is 7.05. The molecular formula is C19H27BrS. The van der Waals surface area contributed by atoms with E-state index in [2.05, 4.69) is 49.7 Å². The molecule has 0 saturated heterocycles. The summed E-state index contributed by atoms with van der Waals surface area (Å²) in [4.78, 5) is 3.56. The van der Waals surface area contributed by atoms with Crippen molar-refractivity contribution < 1.29 is 0 Å². The topological polar surface area (TPSA) is 0 Å². The minimum atomic E-state index is 0.515. The zero-order chi connectivity index (χ0) is 15.0. The summed E-state index contributed by atoms with van der Waals surface area (Å²) in [6, 6.07) is 2.45. The fraction of sp³-hybridized carbons (Fsp3) is 0.789. The minimum Gasteiger partial charge on any atom is -0.146 e. The molecule has 1 aromatic rings. The van der Waals surface area contributed by atoms with E-state index in [1.54, 1.807) is 5.56 Å². The second-order valence-electron chi connectivity index (χ2n) is 9.22. The Kier molecular flexibility index (Phi) is 3.08. The molecule has 4 saturated carbocycles. The molecule has 0 aliphatic heterocycles. The third-order valence-electron chi connectivity index (χ3n) is 6.56. The van der Waals surface area contributed by atoms with Gasteiger partial charge in [-0.2, -0.15) is 0 Å². The van der Waals surface area contributed by atoms with Gasteiger partial charge in [-0.15, -0.1) is 11.3 Å². The van der Waals surface area contributed by atoms with Crippen molar-refractivity contribution in [2.24, 2.45) is 22.2 Å². The van der Waals surface area contributed by atoms with Crippen LogP contribution in [0.3, 0.4) is 0 Å². The number of hydrogen-bond acceptors (Lipinski definition) is 1. The molecule has 1 aromatic heterocycles. The maximum atomic E-state index is 4.19. The van der Waals surface area contributed by atoms with Crippen molar-refractivity contribution in [2.75, 3.05) is 0 Å². The highest BCUT2D eigenvalue weighted by molar-refractivity contribution is 9.09. The van der Waals surface area contributed by atoms with Gasteiger partial charge in [0.2, 0.25) is 0 Å². The van der Waals surface area contributed by atoms with Gasteiger partial charge in [0.1, 0.15) is 0 Å². The highest BCUT2D eigenvalue weighted by atomic mass is 79.9. The van der Waals surface area contributed by atoms with Gasteiger partial charge in [0.05, 0.1) is 0 Å². The first-order valence-corrected chi connectivity index (χ1v) is 10.2. The second-order valence-corrected chi connectivity index (χ2v) is 11.6. The van der Waals surface area contributed by atoms with E-state index in [1.165, 1.54) is 48.3 Å². The van der Waals surface area contributed by atoms with Crippen molar-refractivity contribution in [1.82, 2.24) is 0 Å². The maximum Gasteiger partial charge on any atom is 0.0463 e. The van der Waals surface area contributed by atoms with Crippen molar-refractivity contribution in [3.05, 3.63) is 21.4 Å². The first-order chi connectivity index (χ1) is 9.73. The van der Waals surface area contributed by atoms with Gasteiger partial charge in [-0.1, -0.05) is 29.8 Å². The number of alkyl halides is 1. The second kappa shape index (κ2) is 4.38. The Morgan fingerprint density at radius 3 is 2.19 bits per heavy atom. The molecule has 116 valence electrons. The van der Waals surface area contributed by atoms with Crippen molar-refractivity contribution >= 4 is 27.3 Å². The monoisotopic (exact) mass is 366 g/mol. The van der Waals surface area contributed by atoms with Gasteiger partial charge in [-0.25, -0.2) is 0 Å². The number of thiophene rings is 1. The molecule has 2 heteroatoms. The van der Waals surface area contributed by atoms with Crippen LogP contribution in [0.25, 0.3) is 0 Å². The molecule has 4 aliphatic rings. The highest BCUT2D eigenvalue weighted by Gasteiger charge is 2.62. The van der Waals surface area contributed by atoms with Crippen molar-refractivity contribution in [3.63, 3.8) is 0 Å². The first-order valence-electron chi connectivity index (χ1n) is 8.44. The lowest BCUT2D eigenvalue weighted by atomic mass is 9.39. The Hall–Kier alpha value is 0.180. The zero-order valence-corrected chi connectivity index (χ0v) is 16.2. The summed E-state index contributed by atoms with van der Waals surface area (Å²) in [6.07, 6.45) is 8.80. The highest BCUT2D eigenvalue weighted by Crippen LogP contribution is 2.73. The number of rotatable bonds is 2. The smallest absolute Gasteiger partial charge is 0.0463 e. The van der Waals surface area contributed by atoms with Crippen LogP contribution in [0.15, 0.2) is 6.07 Å². The van der Waals surface area contributed by atoms with Crippen LogP contribution in [0.1, 0.15) is 72.5 Å². The molecule has 0 radical (unpaired) electrons. The van der Waals surface area contributed by atoms with E-state index < -0.39 is 0 Å². The van der Waals surface area contributed by atoms with E-state index in [0.29, 0.717) is 21.1 Å². The summed E-state index contributed by atoms with van der Waals surface area (Å²) in [5.41, 5.74) is 3.33. The Bertz CT molecular complexity index is 568. The number of hydrogen-bond donors (Lipinski definition) is 0. The van der Waals surface area contributed by atoms with Crippen LogP contribution in [0, 0.1) is 36.0 Å². The lowest BCUT2D eigenvalue weighted by Gasteiger charge is -2.66. The van der Waals surface area contributed by atoms with Crippen LogP contribution < -0.4 is 0 Å². The van der Waals surface area contributed by atoms with Crippen LogP contribution in [0.2, 0.25) is 0 Å². The van der Waals surface area contributed by atoms with E-state index in [9.17, 15) is 0 Å². The summed E-state index contributed by atoms with van der Waals surface area (Å²) in [6.45, 7) is 9.72. The summed E-state index contributed by atoms with van der Waals surface area (Å²) >= 11 is 6.16. The van der Waals surface area contributed by atoms with Crippen LogP contribution in [-0.4, -0.2) is 0 Å². The van der Waals surface area contributed by atoms with Crippen LogP contribution in [0.4, 0.5) is 0 Å². The molecule has 3 unspecified atom stereocenters. The molecular weight excluding hydrogens is 340 g/mol. The van der Waals surface area contributed by atoms with Gasteiger partial charge in [-0.05, 0) is 86.2 Å².